The molecule has 1 N–H and O–H groups in total. The summed E-state index contributed by atoms with van der Waals surface area (Å²) >= 11 is 1.14. The predicted molar refractivity (Wildman–Crippen MR) is 65.7 cm³/mol. The molecule has 2 aromatic rings. The van der Waals surface area contributed by atoms with Crippen LogP contribution in [0.1, 0.15) is 14.5 Å². The summed E-state index contributed by atoms with van der Waals surface area (Å²) in [5.74, 6) is -0.969. The van der Waals surface area contributed by atoms with Gasteiger partial charge in [-0.15, -0.1) is 11.3 Å². The molecule has 0 aliphatic carbocycles. The molecule has 6 nitrogen and oxygen atoms in total. The first-order valence-corrected chi connectivity index (χ1v) is 7.61. The first-order valence-electron chi connectivity index (χ1n) is 4.91. The van der Waals surface area contributed by atoms with Crippen LogP contribution in [0.4, 0.5) is 0 Å². The molecule has 0 aliphatic rings. The maximum absolute atomic E-state index is 11.3. The van der Waals surface area contributed by atoms with Crippen molar-refractivity contribution in [2.45, 2.75) is 11.4 Å². The Morgan fingerprint density at radius 2 is 2.22 bits per heavy atom. The molecule has 0 saturated heterocycles. The van der Waals surface area contributed by atoms with E-state index < -0.39 is 15.8 Å². The zero-order valence-corrected chi connectivity index (χ0v) is 11.0. The molecular weight excluding hydrogens is 276 g/mol. The molecule has 0 fully saturated rings. The second kappa shape index (κ2) is 4.54. The van der Waals surface area contributed by atoms with Crippen LogP contribution in [0, 0.1) is 0 Å². The van der Waals surface area contributed by atoms with Crippen LogP contribution >= 0.6 is 11.3 Å². The lowest BCUT2D eigenvalue weighted by molar-refractivity contribution is 0.0702. The van der Waals surface area contributed by atoms with Crippen molar-refractivity contribution in [3.05, 3.63) is 34.3 Å². The fourth-order valence-corrected chi connectivity index (χ4v) is 2.75. The molecule has 0 bridgehead atoms. The predicted octanol–water partition coefficient (Wildman–Crippen LogP) is 1.09. The van der Waals surface area contributed by atoms with E-state index in [1.54, 1.807) is 6.07 Å². The normalized spacial score (nSPS) is 11.6. The number of aromatic nitrogens is 2. The average Bonchev–Trinajstić information content (AvgIpc) is 2.85. The summed E-state index contributed by atoms with van der Waals surface area (Å²) in [6.07, 6.45) is 3.82. The van der Waals surface area contributed by atoms with E-state index in [0.717, 1.165) is 22.5 Å². The summed E-state index contributed by atoms with van der Waals surface area (Å²) in [7, 11) is -3.26. The summed E-state index contributed by atoms with van der Waals surface area (Å²) < 4.78 is 24.0. The van der Waals surface area contributed by atoms with Crippen LogP contribution in [0.3, 0.4) is 0 Å². The maximum atomic E-state index is 11.3. The van der Waals surface area contributed by atoms with Crippen molar-refractivity contribution in [1.29, 1.82) is 0 Å². The number of carboxylic acids is 1. The van der Waals surface area contributed by atoms with Crippen LogP contribution in [0.15, 0.2) is 29.4 Å². The Morgan fingerprint density at radius 3 is 2.72 bits per heavy atom. The Hall–Kier alpha value is -1.67. The molecule has 0 aliphatic heterocycles. The third-order valence-electron chi connectivity index (χ3n) is 2.23. The van der Waals surface area contributed by atoms with E-state index in [2.05, 4.69) is 5.10 Å². The molecule has 8 heteroatoms. The Bertz CT molecular complexity index is 684. The van der Waals surface area contributed by atoms with Gasteiger partial charge in [0.2, 0.25) is 0 Å². The monoisotopic (exact) mass is 286 g/mol. The molecule has 2 aromatic heterocycles. The van der Waals surface area contributed by atoms with Gasteiger partial charge in [-0.05, 0) is 12.1 Å². The maximum Gasteiger partial charge on any atom is 0.345 e. The fraction of sp³-hybridized carbons (Fsp3) is 0.200. The lowest BCUT2D eigenvalue weighted by Gasteiger charge is -1.96. The van der Waals surface area contributed by atoms with Crippen molar-refractivity contribution in [1.82, 2.24) is 9.78 Å². The van der Waals surface area contributed by atoms with E-state index in [9.17, 15) is 13.2 Å². The highest BCUT2D eigenvalue weighted by molar-refractivity contribution is 7.90. The minimum absolute atomic E-state index is 0.150. The number of carboxylic acid groups (broad SMARTS) is 1. The van der Waals surface area contributed by atoms with Gasteiger partial charge in [0.1, 0.15) is 9.77 Å². The lowest BCUT2D eigenvalue weighted by atomic mass is 10.4. The second-order valence-corrected chi connectivity index (χ2v) is 6.90. The molecule has 18 heavy (non-hydrogen) atoms. The van der Waals surface area contributed by atoms with E-state index in [1.165, 1.54) is 23.1 Å². The number of aromatic carboxylic acids is 1. The number of carbonyl (C=O) groups is 1. The van der Waals surface area contributed by atoms with Gasteiger partial charge in [-0.3, -0.25) is 4.68 Å². The molecule has 2 rings (SSSR count). The molecule has 0 atom stereocenters. The van der Waals surface area contributed by atoms with Crippen molar-refractivity contribution in [3.63, 3.8) is 0 Å². The van der Waals surface area contributed by atoms with Gasteiger partial charge in [-0.25, -0.2) is 13.2 Å². The van der Waals surface area contributed by atoms with Crippen molar-refractivity contribution in [2.24, 2.45) is 0 Å². The minimum atomic E-state index is -3.26. The van der Waals surface area contributed by atoms with Gasteiger partial charge in [0.05, 0.1) is 12.7 Å². The quantitative estimate of drug-likeness (QED) is 0.909. The van der Waals surface area contributed by atoms with Crippen LogP contribution in [-0.2, 0) is 16.4 Å². The SMILES string of the molecule is CS(=O)(=O)c1cnn(Cc2ccc(C(=O)O)s2)c1. The Labute approximate surface area is 107 Å². The van der Waals surface area contributed by atoms with E-state index in [0.29, 0.717) is 6.54 Å². The van der Waals surface area contributed by atoms with Crippen molar-refractivity contribution < 1.29 is 18.3 Å². The summed E-state index contributed by atoms with van der Waals surface area (Å²) in [4.78, 5) is 11.9. The molecule has 0 radical (unpaired) electrons. The van der Waals surface area contributed by atoms with E-state index >= 15 is 0 Å². The summed E-state index contributed by atoms with van der Waals surface area (Å²) in [6, 6.07) is 3.21. The first-order chi connectivity index (χ1) is 8.36. The fourth-order valence-electron chi connectivity index (χ4n) is 1.36. The zero-order chi connectivity index (χ0) is 13.3. The Morgan fingerprint density at radius 1 is 1.50 bits per heavy atom. The second-order valence-electron chi connectivity index (χ2n) is 3.72. The molecule has 0 aromatic carbocycles. The number of nitrogens with zero attached hydrogens (tertiary/aromatic N) is 2. The van der Waals surface area contributed by atoms with Crippen molar-refractivity contribution in [3.8, 4) is 0 Å². The van der Waals surface area contributed by atoms with Gasteiger partial charge in [-0.1, -0.05) is 0 Å². The first kappa shape index (κ1) is 12.8. The number of thiophene rings is 1. The molecule has 0 spiro atoms. The van der Waals surface area contributed by atoms with Gasteiger partial charge >= 0.3 is 5.97 Å². The standard InChI is InChI=1S/C10H10N2O4S2/c1-18(15,16)8-4-11-12(6-8)5-7-2-3-9(17-7)10(13)14/h2-4,6H,5H2,1H3,(H,13,14). The molecule has 0 saturated carbocycles. The number of sulfone groups is 1. The van der Waals surface area contributed by atoms with E-state index in [1.807, 2.05) is 0 Å². The van der Waals surface area contributed by atoms with Gasteiger partial charge < -0.3 is 5.11 Å². The highest BCUT2D eigenvalue weighted by Crippen LogP contribution is 2.18. The molecule has 0 amide bonds. The molecule has 2 heterocycles. The third-order valence-corrected chi connectivity index (χ3v) is 4.35. The summed E-state index contributed by atoms with van der Waals surface area (Å²) in [6.45, 7) is 0.355. The number of rotatable bonds is 4. The van der Waals surface area contributed by atoms with Crippen molar-refractivity contribution >= 4 is 27.1 Å². The van der Waals surface area contributed by atoms with Gasteiger partial charge in [0.25, 0.3) is 0 Å². The van der Waals surface area contributed by atoms with Crippen LogP contribution in [0.5, 0.6) is 0 Å². The van der Waals surface area contributed by atoms with E-state index in [-0.39, 0.29) is 9.77 Å². The zero-order valence-electron chi connectivity index (χ0n) is 9.40. The third kappa shape index (κ3) is 2.77. The van der Waals surface area contributed by atoms with Crippen LogP contribution < -0.4 is 0 Å². The topological polar surface area (TPSA) is 89.3 Å². The molecular formula is C10H10N2O4S2. The molecule has 96 valence electrons. The molecule has 0 unspecified atom stereocenters. The Kier molecular flexibility index (Phi) is 3.22. The van der Waals surface area contributed by atoms with Crippen LogP contribution in [0.2, 0.25) is 0 Å². The van der Waals surface area contributed by atoms with Gasteiger partial charge in [0.15, 0.2) is 9.84 Å². The van der Waals surface area contributed by atoms with Crippen LogP contribution in [-0.4, -0.2) is 35.5 Å². The highest BCUT2D eigenvalue weighted by Gasteiger charge is 2.11. The van der Waals surface area contributed by atoms with Crippen LogP contribution in [0.25, 0.3) is 0 Å². The number of hydrogen-bond acceptors (Lipinski definition) is 5. The van der Waals surface area contributed by atoms with Crippen molar-refractivity contribution in [2.75, 3.05) is 6.26 Å². The van der Waals surface area contributed by atoms with Gasteiger partial charge in [0, 0.05) is 17.3 Å². The Balaban J connectivity index is 2.19. The van der Waals surface area contributed by atoms with E-state index in [4.69, 9.17) is 5.11 Å². The largest absolute Gasteiger partial charge is 0.477 e. The highest BCUT2D eigenvalue weighted by atomic mass is 32.2. The number of hydrogen-bond donors (Lipinski definition) is 1. The van der Waals surface area contributed by atoms with Gasteiger partial charge in [-0.2, -0.15) is 5.10 Å². The summed E-state index contributed by atoms with van der Waals surface area (Å²) in [5.41, 5.74) is 0. The summed E-state index contributed by atoms with van der Waals surface area (Å²) in [5, 5.41) is 12.7. The minimum Gasteiger partial charge on any atom is -0.477 e. The lowest BCUT2D eigenvalue weighted by Crippen LogP contribution is -1.98. The smallest absolute Gasteiger partial charge is 0.345 e. The average molecular weight is 286 g/mol.